The Balaban J connectivity index is 1.39. The van der Waals surface area contributed by atoms with E-state index in [1.807, 2.05) is 35.0 Å². The number of fused-ring (bicyclic) bond motifs is 1. The van der Waals surface area contributed by atoms with Gasteiger partial charge in [0.2, 0.25) is 10.0 Å². The van der Waals surface area contributed by atoms with Crippen LogP contribution in [0, 0.1) is 0 Å². The zero-order valence-electron chi connectivity index (χ0n) is 16.1. The third kappa shape index (κ3) is 4.02. The highest BCUT2D eigenvalue weighted by Gasteiger charge is 2.28. The van der Waals surface area contributed by atoms with E-state index in [1.54, 1.807) is 0 Å². The van der Waals surface area contributed by atoms with Crippen molar-refractivity contribution in [2.75, 3.05) is 33.3 Å². The average Bonchev–Trinajstić information content (AvgIpc) is 3.16. The Bertz CT molecular complexity index is 1080. The van der Waals surface area contributed by atoms with E-state index in [0.29, 0.717) is 38.3 Å². The Morgan fingerprint density at radius 2 is 1.79 bits per heavy atom. The van der Waals surface area contributed by atoms with Crippen molar-refractivity contribution >= 4 is 21.6 Å². The second-order valence-electron chi connectivity index (χ2n) is 6.89. The van der Waals surface area contributed by atoms with Gasteiger partial charge in [0.15, 0.2) is 0 Å². The maximum absolute atomic E-state index is 12.9. The van der Waals surface area contributed by atoms with Crippen molar-refractivity contribution in [2.24, 2.45) is 0 Å². The van der Waals surface area contributed by atoms with E-state index in [0.717, 1.165) is 11.3 Å². The molecule has 0 saturated carbocycles. The maximum Gasteiger partial charge on any atom is 0.337 e. The zero-order chi connectivity index (χ0) is 20.4. The van der Waals surface area contributed by atoms with Gasteiger partial charge >= 0.3 is 5.97 Å². The number of nitrogens with zero attached hydrogens (tertiary/aromatic N) is 4. The third-order valence-corrected chi connectivity index (χ3v) is 6.96. The molecule has 4 rings (SSSR count). The highest BCUT2D eigenvalue weighted by Crippen LogP contribution is 2.19. The first kappa shape index (κ1) is 19.6. The van der Waals surface area contributed by atoms with Crippen LogP contribution in [-0.4, -0.2) is 66.3 Å². The SMILES string of the molecule is COC(=O)c1ccc(S(=O)(=O)N2CCN(Cc3cn4ccccc4n3)CC2)cc1. The van der Waals surface area contributed by atoms with Crippen LogP contribution in [0.2, 0.25) is 0 Å². The van der Waals surface area contributed by atoms with Crippen LogP contribution in [0.15, 0.2) is 59.8 Å². The molecule has 2 aromatic heterocycles. The summed E-state index contributed by atoms with van der Waals surface area (Å²) in [6.07, 6.45) is 3.96. The lowest BCUT2D eigenvalue weighted by Gasteiger charge is -2.33. The lowest BCUT2D eigenvalue weighted by atomic mass is 10.2. The molecule has 1 fully saturated rings. The summed E-state index contributed by atoms with van der Waals surface area (Å²) in [6.45, 7) is 2.77. The van der Waals surface area contributed by atoms with E-state index in [4.69, 9.17) is 0 Å². The van der Waals surface area contributed by atoms with Gasteiger partial charge in [-0.2, -0.15) is 4.31 Å². The summed E-state index contributed by atoms with van der Waals surface area (Å²) in [6, 6.07) is 11.7. The highest BCUT2D eigenvalue weighted by atomic mass is 32.2. The number of ether oxygens (including phenoxy) is 1. The second kappa shape index (κ2) is 7.94. The number of carbonyl (C=O) groups is 1. The molecule has 1 aliphatic heterocycles. The van der Waals surface area contributed by atoms with Crippen LogP contribution in [0.5, 0.6) is 0 Å². The topological polar surface area (TPSA) is 84.2 Å². The summed E-state index contributed by atoms with van der Waals surface area (Å²) in [4.78, 5) is 18.5. The van der Waals surface area contributed by atoms with Crippen LogP contribution >= 0.6 is 0 Å². The monoisotopic (exact) mass is 414 g/mol. The van der Waals surface area contributed by atoms with Gasteiger partial charge in [0.25, 0.3) is 0 Å². The van der Waals surface area contributed by atoms with Gasteiger partial charge in [-0.1, -0.05) is 6.07 Å². The highest BCUT2D eigenvalue weighted by molar-refractivity contribution is 7.89. The summed E-state index contributed by atoms with van der Waals surface area (Å²) in [5, 5.41) is 0. The van der Waals surface area contributed by atoms with Crippen LogP contribution in [0.4, 0.5) is 0 Å². The molecular weight excluding hydrogens is 392 g/mol. The maximum atomic E-state index is 12.9. The molecule has 3 heterocycles. The molecule has 29 heavy (non-hydrogen) atoms. The van der Waals surface area contributed by atoms with E-state index in [1.165, 1.54) is 35.7 Å². The largest absolute Gasteiger partial charge is 0.465 e. The lowest BCUT2D eigenvalue weighted by Crippen LogP contribution is -2.48. The van der Waals surface area contributed by atoms with Crippen LogP contribution in [0.25, 0.3) is 5.65 Å². The molecule has 0 radical (unpaired) electrons. The van der Waals surface area contributed by atoms with Crippen LogP contribution < -0.4 is 0 Å². The normalized spacial score (nSPS) is 16.2. The molecule has 1 aliphatic rings. The van der Waals surface area contributed by atoms with Gasteiger partial charge in [0.1, 0.15) is 5.65 Å². The first-order chi connectivity index (χ1) is 14.0. The predicted molar refractivity (Wildman–Crippen MR) is 107 cm³/mol. The van der Waals surface area contributed by atoms with E-state index in [2.05, 4.69) is 14.6 Å². The van der Waals surface area contributed by atoms with E-state index >= 15 is 0 Å². The Hall–Kier alpha value is -2.75. The fourth-order valence-electron chi connectivity index (χ4n) is 3.45. The minimum absolute atomic E-state index is 0.180. The van der Waals surface area contributed by atoms with Crippen molar-refractivity contribution in [3.8, 4) is 0 Å². The summed E-state index contributed by atoms with van der Waals surface area (Å²) >= 11 is 0. The molecule has 9 heteroatoms. The molecule has 0 N–H and O–H groups in total. The van der Waals surface area contributed by atoms with Gasteiger partial charge in [0.05, 0.1) is 23.3 Å². The van der Waals surface area contributed by atoms with Crippen molar-refractivity contribution in [3.05, 3.63) is 66.1 Å². The molecule has 3 aromatic rings. The van der Waals surface area contributed by atoms with Gasteiger partial charge < -0.3 is 9.14 Å². The fourth-order valence-corrected chi connectivity index (χ4v) is 4.87. The van der Waals surface area contributed by atoms with Crippen molar-refractivity contribution in [3.63, 3.8) is 0 Å². The predicted octanol–water partition coefficient (Wildman–Crippen LogP) is 1.63. The quantitative estimate of drug-likeness (QED) is 0.590. The molecule has 0 aliphatic carbocycles. The van der Waals surface area contributed by atoms with Gasteiger partial charge in [-0.15, -0.1) is 0 Å². The first-order valence-corrected chi connectivity index (χ1v) is 10.7. The van der Waals surface area contributed by atoms with Gasteiger partial charge in [0, 0.05) is 45.1 Å². The molecule has 0 atom stereocenters. The number of carbonyl (C=O) groups excluding carboxylic acids is 1. The number of hydrogen-bond acceptors (Lipinski definition) is 6. The average molecular weight is 414 g/mol. The minimum atomic E-state index is -3.59. The molecule has 152 valence electrons. The second-order valence-corrected chi connectivity index (χ2v) is 8.83. The molecule has 0 bridgehead atoms. The number of pyridine rings is 1. The Morgan fingerprint density at radius 3 is 2.45 bits per heavy atom. The number of hydrogen-bond donors (Lipinski definition) is 0. The van der Waals surface area contributed by atoms with Gasteiger partial charge in [-0.25, -0.2) is 18.2 Å². The smallest absolute Gasteiger partial charge is 0.337 e. The number of imidazole rings is 1. The van der Waals surface area contributed by atoms with Gasteiger partial charge in [-0.3, -0.25) is 4.90 Å². The zero-order valence-corrected chi connectivity index (χ0v) is 16.9. The molecule has 1 saturated heterocycles. The first-order valence-electron chi connectivity index (χ1n) is 9.31. The molecule has 1 aromatic carbocycles. The van der Waals surface area contributed by atoms with Crippen molar-refractivity contribution < 1.29 is 17.9 Å². The standard InChI is InChI=1S/C20H22N4O4S/c1-28-20(25)16-5-7-18(8-6-16)29(26,27)24-12-10-22(11-13-24)14-17-15-23-9-3-2-4-19(23)21-17/h2-9,15H,10-14H2,1H3. The fraction of sp³-hybridized carbons (Fsp3) is 0.300. The van der Waals surface area contributed by atoms with Crippen molar-refractivity contribution in [2.45, 2.75) is 11.4 Å². The number of piperazine rings is 1. The summed E-state index contributed by atoms with van der Waals surface area (Å²) in [5.41, 5.74) is 2.19. The molecular formula is C20H22N4O4S. The number of sulfonamides is 1. The van der Waals surface area contributed by atoms with Crippen molar-refractivity contribution in [1.82, 2.24) is 18.6 Å². The summed E-state index contributed by atoms with van der Waals surface area (Å²) in [5.74, 6) is -0.491. The van der Waals surface area contributed by atoms with E-state index in [-0.39, 0.29) is 4.90 Å². The van der Waals surface area contributed by atoms with E-state index < -0.39 is 16.0 Å². The third-order valence-electron chi connectivity index (χ3n) is 5.04. The Morgan fingerprint density at radius 1 is 1.07 bits per heavy atom. The van der Waals surface area contributed by atoms with Crippen LogP contribution in [-0.2, 0) is 21.3 Å². The molecule has 0 spiro atoms. The molecule has 0 unspecified atom stereocenters. The number of aromatic nitrogens is 2. The van der Waals surface area contributed by atoms with Crippen molar-refractivity contribution in [1.29, 1.82) is 0 Å². The molecule has 0 amide bonds. The Labute approximate surface area is 169 Å². The van der Waals surface area contributed by atoms with Crippen LogP contribution in [0.1, 0.15) is 16.1 Å². The number of esters is 1. The molecule has 8 nitrogen and oxygen atoms in total. The number of methoxy groups -OCH3 is 1. The van der Waals surface area contributed by atoms with Crippen LogP contribution in [0.3, 0.4) is 0 Å². The Kier molecular flexibility index (Phi) is 5.35. The minimum Gasteiger partial charge on any atom is -0.465 e. The number of rotatable bonds is 5. The summed E-state index contributed by atoms with van der Waals surface area (Å²) < 4.78 is 33.9. The van der Waals surface area contributed by atoms with Gasteiger partial charge in [-0.05, 0) is 36.4 Å². The number of benzene rings is 1. The summed E-state index contributed by atoms with van der Waals surface area (Å²) in [7, 11) is -2.30. The lowest BCUT2D eigenvalue weighted by molar-refractivity contribution is 0.0600. The van der Waals surface area contributed by atoms with E-state index in [9.17, 15) is 13.2 Å².